The third-order valence-electron chi connectivity index (χ3n) is 2.64. The lowest BCUT2D eigenvalue weighted by Crippen LogP contribution is -2.26. The summed E-state index contributed by atoms with van der Waals surface area (Å²) in [5.41, 5.74) is 4.34. The lowest BCUT2D eigenvalue weighted by atomic mass is 10.0. The minimum atomic E-state index is -0.120. The van der Waals surface area contributed by atoms with E-state index in [0.29, 0.717) is 33.6 Å². The quantitative estimate of drug-likeness (QED) is 0.836. The first kappa shape index (κ1) is 12.4. The number of halogens is 2. The van der Waals surface area contributed by atoms with Crippen LogP contribution in [0.25, 0.3) is 0 Å². The summed E-state index contributed by atoms with van der Waals surface area (Å²) in [5, 5.41) is 14.5. The van der Waals surface area contributed by atoms with E-state index in [2.05, 4.69) is 26.5 Å². The summed E-state index contributed by atoms with van der Waals surface area (Å²) in [6, 6.07) is 1.66. The molecule has 0 fully saturated rings. The van der Waals surface area contributed by atoms with Crippen LogP contribution in [-0.2, 0) is 4.79 Å². The van der Waals surface area contributed by atoms with Gasteiger partial charge in [-0.05, 0) is 34.5 Å². The molecule has 1 amide bonds. The van der Waals surface area contributed by atoms with E-state index in [1.54, 1.807) is 13.0 Å². The SMILES string of the molecule is Cc1c(Cl)cc(C2=NNC(=O)CC2)c(O)c1Br. The molecule has 0 spiro atoms. The van der Waals surface area contributed by atoms with Crippen LogP contribution >= 0.6 is 27.5 Å². The number of hydrogen-bond acceptors (Lipinski definition) is 3. The highest BCUT2D eigenvalue weighted by atomic mass is 79.9. The van der Waals surface area contributed by atoms with Gasteiger partial charge in [0.25, 0.3) is 0 Å². The summed E-state index contributed by atoms with van der Waals surface area (Å²) in [5.74, 6) is -0.0210. The number of phenols is 1. The maximum Gasteiger partial charge on any atom is 0.240 e. The van der Waals surface area contributed by atoms with E-state index in [0.717, 1.165) is 5.56 Å². The Bertz CT molecular complexity index is 529. The van der Waals surface area contributed by atoms with Crippen molar-refractivity contribution in [2.24, 2.45) is 5.10 Å². The van der Waals surface area contributed by atoms with Gasteiger partial charge in [-0.2, -0.15) is 5.10 Å². The fraction of sp³-hybridized carbons (Fsp3) is 0.273. The largest absolute Gasteiger partial charge is 0.506 e. The van der Waals surface area contributed by atoms with E-state index in [1.165, 1.54) is 0 Å². The monoisotopic (exact) mass is 316 g/mol. The third kappa shape index (κ3) is 2.30. The highest BCUT2D eigenvalue weighted by Gasteiger charge is 2.19. The van der Waals surface area contributed by atoms with Crippen molar-refractivity contribution in [1.29, 1.82) is 0 Å². The van der Waals surface area contributed by atoms with Crippen molar-refractivity contribution in [2.45, 2.75) is 19.8 Å². The maximum absolute atomic E-state index is 11.0. The van der Waals surface area contributed by atoms with Gasteiger partial charge in [-0.25, -0.2) is 5.43 Å². The van der Waals surface area contributed by atoms with Crippen LogP contribution < -0.4 is 5.43 Å². The summed E-state index contributed by atoms with van der Waals surface area (Å²) >= 11 is 9.34. The molecule has 1 heterocycles. The summed E-state index contributed by atoms with van der Waals surface area (Å²) in [6.07, 6.45) is 0.854. The molecule has 0 bridgehead atoms. The van der Waals surface area contributed by atoms with Gasteiger partial charge >= 0.3 is 0 Å². The van der Waals surface area contributed by atoms with Gasteiger partial charge in [0, 0.05) is 23.4 Å². The van der Waals surface area contributed by atoms with Gasteiger partial charge in [0.15, 0.2) is 0 Å². The Morgan fingerprint density at radius 2 is 2.24 bits per heavy atom. The molecule has 1 aliphatic heterocycles. The zero-order valence-electron chi connectivity index (χ0n) is 9.05. The number of rotatable bonds is 1. The van der Waals surface area contributed by atoms with Crippen molar-refractivity contribution in [3.63, 3.8) is 0 Å². The molecule has 0 saturated heterocycles. The van der Waals surface area contributed by atoms with Crippen LogP contribution in [0.1, 0.15) is 24.0 Å². The maximum atomic E-state index is 11.0. The first-order valence-electron chi connectivity index (χ1n) is 5.04. The van der Waals surface area contributed by atoms with Gasteiger partial charge in [0.1, 0.15) is 5.75 Å². The molecular formula is C11H10BrClN2O2. The van der Waals surface area contributed by atoms with E-state index in [-0.39, 0.29) is 11.7 Å². The Hall–Kier alpha value is -1.07. The van der Waals surface area contributed by atoms with Crippen LogP contribution in [0.15, 0.2) is 15.6 Å². The number of benzene rings is 1. The second-order valence-corrected chi connectivity index (χ2v) is 4.99. The molecule has 2 rings (SSSR count). The molecule has 17 heavy (non-hydrogen) atoms. The average Bonchev–Trinajstić information content (AvgIpc) is 2.32. The minimum Gasteiger partial charge on any atom is -0.506 e. The molecule has 1 aromatic carbocycles. The second-order valence-electron chi connectivity index (χ2n) is 3.79. The summed E-state index contributed by atoms with van der Waals surface area (Å²) in [7, 11) is 0. The highest BCUT2D eigenvalue weighted by molar-refractivity contribution is 9.10. The number of amides is 1. The summed E-state index contributed by atoms with van der Waals surface area (Å²) in [4.78, 5) is 11.0. The molecule has 2 N–H and O–H groups in total. The van der Waals surface area contributed by atoms with Crippen molar-refractivity contribution in [3.05, 3.63) is 26.7 Å². The predicted molar refractivity (Wildman–Crippen MR) is 69.5 cm³/mol. The molecular weight excluding hydrogens is 307 g/mol. The van der Waals surface area contributed by atoms with Crippen LogP contribution in [0.5, 0.6) is 5.75 Å². The van der Waals surface area contributed by atoms with Gasteiger partial charge < -0.3 is 5.11 Å². The molecule has 0 radical (unpaired) electrons. The van der Waals surface area contributed by atoms with Gasteiger partial charge in [0.05, 0.1) is 10.2 Å². The predicted octanol–water partition coefficient (Wildman–Crippen LogP) is 2.73. The van der Waals surface area contributed by atoms with Crippen LogP contribution in [0.2, 0.25) is 5.02 Å². The van der Waals surface area contributed by atoms with Crippen LogP contribution in [0, 0.1) is 6.92 Å². The van der Waals surface area contributed by atoms with E-state index in [1.807, 2.05) is 0 Å². The Balaban J connectivity index is 2.50. The van der Waals surface area contributed by atoms with Gasteiger partial charge in [-0.1, -0.05) is 11.6 Å². The Labute approximate surface area is 112 Å². The lowest BCUT2D eigenvalue weighted by molar-refractivity contribution is -0.121. The fourth-order valence-electron chi connectivity index (χ4n) is 1.59. The van der Waals surface area contributed by atoms with Crippen LogP contribution in [-0.4, -0.2) is 16.7 Å². The normalized spacial score (nSPS) is 15.5. The molecule has 0 aromatic heterocycles. The number of nitrogens with zero attached hydrogens (tertiary/aromatic N) is 1. The number of aromatic hydroxyl groups is 1. The smallest absolute Gasteiger partial charge is 0.240 e. The second kappa shape index (κ2) is 4.66. The summed E-state index contributed by atoms with van der Waals surface area (Å²) < 4.78 is 0.555. The fourth-order valence-corrected chi connectivity index (χ4v) is 2.34. The molecule has 0 saturated carbocycles. The number of nitrogens with one attached hydrogen (secondary N) is 1. The van der Waals surface area contributed by atoms with E-state index in [9.17, 15) is 9.90 Å². The number of carbonyl (C=O) groups excluding carboxylic acids is 1. The number of carbonyl (C=O) groups is 1. The number of hydrogen-bond donors (Lipinski definition) is 2. The van der Waals surface area contributed by atoms with Crippen molar-refractivity contribution < 1.29 is 9.90 Å². The van der Waals surface area contributed by atoms with Crippen molar-refractivity contribution >= 4 is 39.1 Å². The molecule has 4 nitrogen and oxygen atoms in total. The van der Waals surface area contributed by atoms with Crippen molar-refractivity contribution in [3.8, 4) is 5.75 Å². The molecule has 6 heteroatoms. The van der Waals surface area contributed by atoms with Crippen molar-refractivity contribution in [2.75, 3.05) is 0 Å². The van der Waals surface area contributed by atoms with E-state index < -0.39 is 0 Å². The summed E-state index contributed by atoms with van der Waals surface area (Å²) in [6.45, 7) is 1.81. The number of phenolic OH excluding ortho intramolecular Hbond substituents is 1. The average molecular weight is 318 g/mol. The molecule has 0 unspecified atom stereocenters. The minimum absolute atomic E-state index is 0.0989. The van der Waals surface area contributed by atoms with Crippen LogP contribution in [0.4, 0.5) is 0 Å². The molecule has 0 aliphatic carbocycles. The lowest BCUT2D eigenvalue weighted by Gasteiger charge is -2.15. The standard InChI is InChI=1S/C11H10BrClN2O2/c1-5-7(13)4-6(11(17)10(5)12)8-2-3-9(16)15-14-8/h4,17H,2-3H2,1H3,(H,15,16). The molecule has 1 aromatic rings. The van der Waals surface area contributed by atoms with Crippen LogP contribution in [0.3, 0.4) is 0 Å². The van der Waals surface area contributed by atoms with Gasteiger partial charge in [0.2, 0.25) is 5.91 Å². The Morgan fingerprint density at radius 1 is 1.53 bits per heavy atom. The Kier molecular flexibility index (Phi) is 3.40. The zero-order valence-corrected chi connectivity index (χ0v) is 11.4. The molecule has 90 valence electrons. The zero-order chi connectivity index (χ0) is 12.6. The van der Waals surface area contributed by atoms with Crippen molar-refractivity contribution in [1.82, 2.24) is 5.43 Å². The van der Waals surface area contributed by atoms with E-state index in [4.69, 9.17) is 11.6 Å². The third-order valence-corrected chi connectivity index (χ3v) is 4.00. The molecule has 1 aliphatic rings. The van der Waals surface area contributed by atoms with E-state index >= 15 is 0 Å². The topological polar surface area (TPSA) is 61.7 Å². The first-order valence-corrected chi connectivity index (χ1v) is 6.21. The highest BCUT2D eigenvalue weighted by Crippen LogP contribution is 2.36. The first-order chi connectivity index (χ1) is 8.00. The number of hydrazone groups is 1. The van der Waals surface area contributed by atoms with Gasteiger partial charge in [-0.15, -0.1) is 0 Å². The Morgan fingerprint density at radius 3 is 2.82 bits per heavy atom. The van der Waals surface area contributed by atoms with Gasteiger partial charge in [-0.3, -0.25) is 4.79 Å². The molecule has 0 atom stereocenters.